The summed E-state index contributed by atoms with van der Waals surface area (Å²) >= 11 is 1.87. The summed E-state index contributed by atoms with van der Waals surface area (Å²) in [5.41, 5.74) is 1.77. The van der Waals surface area contributed by atoms with Crippen LogP contribution in [0.2, 0.25) is 0 Å². The fraction of sp³-hybridized carbons (Fsp3) is 0.538. The molecule has 1 aliphatic carbocycles. The predicted octanol–water partition coefficient (Wildman–Crippen LogP) is 3.60. The minimum Gasteiger partial charge on any atom is -0.378 e. The molecule has 0 unspecified atom stereocenters. The Hall–Kier alpha value is -1.23. The Morgan fingerprint density at radius 1 is 1.50 bits per heavy atom. The number of nitro benzene ring substituents is 1. The first-order chi connectivity index (χ1) is 8.58. The van der Waals surface area contributed by atoms with Crippen LogP contribution in [-0.4, -0.2) is 22.5 Å². The number of thioether (sulfide) groups is 1. The van der Waals surface area contributed by atoms with Crippen LogP contribution in [0, 0.1) is 17.0 Å². The monoisotopic (exact) mass is 266 g/mol. The molecule has 18 heavy (non-hydrogen) atoms. The molecule has 1 aliphatic rings. The maximum atomic E-state index is 11.0. The molecule has 1 N–H and O–H groups in total. The molecular formula is C13H18N2O2S. The van der Waals surface area contributed by atoms with Gasteiger partial charge in [0, 0.05) is 17.4 Å². The Balaban J connectivity index is 2.15. The fourth-order valence-electron chi connectivity index (χ4n) is 2.31. The summed E-state index contributed by atoms with van der Waals surface area (Å²) in [6.45, 7) is 2.71. The Kier molecular flexibility index (Phi) is 3.80. The summed E-state index contributed by atoms with van der Waals surface area (Å²) in [7, 11) is 0. The highest BCUT2D eigenvalue weighted by Gasteiger charge is 2.36. The van der Waals surface area contributed by atoms with E-state index in [-0.39, 0.29) is 15.4 Å². The largest absolute Gasteiger partial charge is 0.378 e. The average molecular weight is 266 g/mol. The van der Waals surface area contributed by atoms with Gasteiger partial charge in [0.15, 0.2) is 0 Å². The van der Waals surface area contributed by atoms with E-state index < -0.39 is 0 Å². The van der Waals surface area contributed by atoms with Crippen molar-refractivity contribution < 1.29 is 4.92 Å². The van der Waals surface area contributed by atoms with Crippen LogP contribution >= 0.6 is 11.8 Å². The lowest BCUT2D eigenvalue weighted by molar-refractivity contribution is -0.384. The third-order valence-corrected chi connectivity index (χ3v) is 5.15. The molecule has 0 heterocycles. The van der Waals surface area contributed by atoms with Crippen molar-refractivity contribution in [2.45, 2.75) is 30.9 Å². The van der Waals surface area contributed by atoms with Gasteiger partial charge in [0.05, 0.1) is 4.92 Å². The molecule has 1 fully saturated rings. The van der Waals surface area contributed by atoms with Gasteiger partial charge in [-0.05, 0) is 31.6 Å². The molecule has 98 valence electrons. The van der Waals surface area contributed by atoms with Crippen LogP contribution in [0.5, 0.6) is 0 Å². The first-order valence-electron chi connectivity index (χ1n) is 6.11. The lowest BCUT2D eigenvalue weighted by atomic mass is 9.84. The molecule has 0 amide bonds. The topological polar surface area (TPSA) is 55.2 Å². The van der Waals surface area contributed by atoms with Crippen molar-refractivity contribution in [3.05, 3.63) is 33.9 Å². The quantitative estimate of drug-likeness (QED) is 0.653. The van der Waals surface area contributed by atoms with Crippen LogP contribution in [-0.2, 0) is 0 Å². The van der Waals surface area contributed by atoms with Crippen molar-refractivity contribution in [1.29, 1.82) is 0 Å². The van der Waals surface area contributed by atoms with E-state index in [0.29, 0.717) is 5.69 Å². The second-order valence-electron chi connectivity index (χ2n) is 4.82. The predicted molar refractivity (Wildman–Crippen MR) is 76.4 cm³/mol. The highest BCUT2D eigenvalue weighted by atomic mass is 32.2. The van der Waals surface area contributed by atoms with Gasteiger partial charge in [0.25, 0.3) is 5.69 Å². The van der Waals surface area contributed by atoms with Crippen molar-refractivity contribution in [2.24, 2.45) is 0 Å². The molecule has 0 bridgehead atoms. The van der Waals surface area contributed by atoms with Gasteiger partial charge in [0.1, 0.15) is 5.69 Å². The van der Waals surface area contributed by atoms with Gasteiger partial charge in [-0.3, -0.25) is 10.1 Å². The van der Waals surface area contributed by atoms with E-state index >= 15 is 0 Å². The number of hydrogen-bond donors (Lipinski definition) is 1. The normalized spacial score (nSPS) is 17.0. The number of nitrogens with one attached hydrogen (secondary N) is 1. The van der Waals surface area contributed by atoms with Crippen molar-refractivity contribution >= 4 is 23.1 Å². The van der Waals surface area contributed by atoms with E-state index in [2.05, 4.69) is 11.6 Å². The number of para-hydroxylation sites is 1. The van der Waals surface area contributed by atoms with Crippen molar-refractivity contribution in [1.82, 2.24) is 0 Å². The lowest BCUT2D eigenvalue weighted by Crippen LogP contribution is -2.40. The van der Waals surface area contributed by atoms with Gasteiger partial charge in [-0.2, -0.15) is 11.8 Å². The van der Waals surface area contributed by atoms with Crippen molar-refractivity contribution in [3.63, 3.8) is 0 Å². The van der Waals surface area contributed by atoms with Gasteiger partial charge in [-0.15, -0.1) is 0 Å². The van der Waals surface area contributed by atoms with Gasteiger partial charge in [-0.25, -0.2) is 0 Å². The highest BCUT2D eigenvalue weighted by Crippen LogP contribution is 2.43. The average Bonchev–Trinajstić information content (AvgIpc) is 2.29. The smallest absolute Gasteiger partial charge is 0.292 e. The summed E-state index contributed by atoms with van der Waals surface area (Å²) in [4.78, 5) is 10.7. The number of anilines is 1. The number of nitrogens with zero attached hydrogens (tertiary/aromatic N) is 1. The van der Waals surface area contributed by atoms with Crippen LogP contribution in [0.3, 0.4) is 0 Å². The molecule has 0 saturated heterocycles. The number of aryl methyl sites for hydroxylation is 1. The van der Waals surface area contributed by atoms with E-state index in [0.717, 1.165) is 12.1 Å². The molecule has 5 heteroatoms. The first-order valence-corrected chi connectivity index (χ1v) is 7.33. The molecule has 1 saturated carbocycles. The van der Waals surface area contributed by atoms with Crippen LogP contribution in [0.1, 0.15) is 24.8 Å². The van der Waals surface area contributed by atoms with E-state index in [4.69, 9.17) is 0 Å². The Labute approximate surface area is 111 Å². The number of rotatable bonds is 5. The maximum Gasteiger partial charge on any atom is 0.292 e. The van der Waals surface area contributed by atoms with E-state index in [1.807, 2.05) is 24.8 Å². The van der Waals surface area contributed by atoms with Gasteiger partial charge >= 0.3 is 0 Å². The minimum absolute atomic E-state index is 0.172. The van der Waals surface area contributed by atoms with Crippen LogP contribution in [0.25, 0.3) is 0 Å². The molecular weight excluding hydrogens is 248 g/mol. The van der Waals surface area contributed by atoms with E-state index in [9.17, 15) is 10.1 Å². The van der Waals surface area contributed by atoms with E-state index in [1.165, 1.54) is 19.3 Å². The van der Waals surface area contributed by atoms with Crippen LogP contribution < -0.4 is 5.32 Å². The number of hydrogen-bond acceptors (Lipinski definition) is 4. The van der Waals surface area contributed by atoms with Crippen molar-refractivity contribution in [3.8, 4) is 0 Å². The standard InChI is InChI=1S/C13H18N2O2S/c1-10-5-3-6-11(15(16)17)12(10)14-9-13(18-2)7-4-8-13/h3,5-6,14H,4,7-9H2,1-2H3. The van der Waals surface area contributed by atoms with Gasteiger partial charge in [0.2, 0.25) is 0 Å². The molecule has 0 aromatic heterocycles. The minimum atomic E-state index is -0.318. The highest BCUT2D eigenvalue weighted by molar-refractivity contribution is 8.00. The molecule has 0 spiro atoms. The molecule has 0 radical (unpaired) electrons. The van der Waals surface area contributed by atoms with Crippen LogP contribution in [0.4, 0.5) is 11.4 Å². The molecule has 4 nitrogen and oxygen atoms in total. The van der Waals surface area contributed by atoms with E-state index in [1.54, 1.807) is 12.1 Å². The number of benzene rings is 1. The third kappa shape index (κ3) is 2.46. The summed E-state index contributed by atoms with van der Waals surface area (Å²) in [5.74, 6) is 0. The SMILES string of the molecule is CSC1(CNc2c(C)cccc2[N+](=O)[O-])CCC1. The third-order valence-electron chi connectivity index (χ3n) is 3.73. The summed E-state index contributed by atoms with van der Waals surface area (Å²) in [5, 5.41) is 14.3. The van der Waals surface area contributed by atoms with Crippen molar-refractivity contribution in [2.75, 3.05) is 18.1 Å². The Bertz CT molecular complexity index is 453. The van der Waals surface area contributed by atoms with Gasteiger partial charge in [-0.1, -0.05) is 18.6 Å². The summed E-state index contributed by atoms with van der Waals surface area (Å²) in [6.07, 6.45) is 5.77. The zero-order valence-corrected chi connectivity index (χ0v) is 11.5. The number of nitro groups is 1. The maximum absolute atomic E-state index is 11.0. The Morgan fingerprint density at radius 3 is 2.72 bits per heavy atom. The van der Waals surface area contributed by atoms with Crippen LogP contribution in [0.15, 0.2) is 18.2 Å². The Morgan fingerprint density at radius 2 is 2.22 bits per heavy atom. The lowest BCUT2D eigenvalue weighted by Gasteiger charge is -2.40. The van der Waals surface area contributed by atoms with Gasteiger partial charge < -0.3 is 5.32 Å². The molecule has 0 atom stereocenters. The second kappa shape index (κ2) is 5.18. The molecule has 1 aromatic rings. The first kappa shape index (κ1) is 13.2. The molecule has 1 aromatic carbocycles. The molecule has 0 aliphatic heterocycles. The summed E-state index contributed by atoms with van der Waals surface area (Å²) < 4.78 is 0.274. The fourth-order valence-corrected chi connectivity index (χ4v) is 3.22. The zero-order chi connectivity index (χ0) is 13.2. The second-order valence-corrected chi connectivity index (χ2v) is 6.09. The summed E-state index contributed by atoms with van der Waals surface area (Å²) in [6, 6.07) is 5.19. The zero-order valence-electron chi connectivity index (χ0n) is 10.7. The molecule has 2 rings (SSSR count).